The van der Waals surface area contributed by atoms with Gasteiger partial charge in [-0.25, -0.2) is 13.2 Å². The van der Waals surface area contributed by atoms with Crippen molar-refractivity contribution in [2.45, 2.75) is 44.7 Å². The maximum atomic E-state index is 14.6. The van der Waals surface area contributed by atoms with Gasteiger partial charge in [-0.05, 0) is 73.2 Å². The lowest BCUT2D eigenvalue weighted by Gasteiger charge is -2.31. The van der Waals surface area contributed by atoms with Crippen molar-refractivity contribution in [3.63, 3.8) is 0 Å². The Kier molecular flexibility index (Phi) is 9.73. The third kappa shape index (κ3) is 6.65. The van der Waals surface area contributed by atoms with Gasteiger partial charge in [-0.2, -0.15) is 4.31 Å². The van der Waals surface area contributed by atoms with Crippen LogP contribution in [-0.4, -0.2) is 52.0 Å². The van der Waals surface area contributed by atoms with E-state index in [0.717, 1.165) is 5.56 Å². The molecule has 10 heteroatoms. The van der Waals surface area contributed by atoms with Gasteiger partial charge in [-0.1, -0.05) is 54.6 Å². The number of esters is 2. The first-order chi connectivity index (χ1) is 20.5. The fraction of sp³-hybridized carbons (Fsp3) is 0.273. The quantitative estimate of drug-likeness (QED) is 0.202. The molecule has 4 aromatic rings. The first kappa shape index (κ1) is 31.5. The van der Waals surface area contributed by atoms with Crippen molar-refractivity contribution < 1.29 is 36.6 Å². The molecular formula is C33H35NO8S. The molecule has 0 aliphatic carbocycles. The molecule has 3 aromatic carbocycles. The summed E-state index contributed by atoms with van der Waals surface area (Å²) < 4.78 is 51.3. The van der Waals surface area contributed by atoms with Crippen LogP contribution < -0.4 is 4.74 Å². The smallest absolute Gasteiger partial charge is 0.373 e. The minimum Gasteiger partial charge on any atom is -0.496 e. The Morgan fingerprint density at radius 3 is 2.12 bits per heavy atom. The molecule has 0 bridgehead atoms. The lowest BCUT2D eigenvalue weighted by atomic mass is 10.0. The van der Waals surface area contributed by atoms with E-state index in [-0.39, 0.29) is 23.6 Å². The third-order valence-electron chi connectivity index (χ3n) is 7.43. The van der Waals surface area contributed by atoms with Crippen molar-refractivity contribution in [2.75, 3.05) is 21.3 Å². The van der Waals surface area contributed by atoms with Crippen molar-refractivity contribution in [2.24, 2.45) is 0 Å². The fourth-order valence-corrected chi connectivity index (χ4v) is 7.10. The largest absolute Gasteiger partial charge is 0.496 e. The molecule has 43 heavy (non-hydrogen) atoms. The van der Waals surface area contributed by atoms with E-state index in [9.17, 15) is 18.0 Å². The zero-order chi connectivity index (χ0) is 31.3. The maximum Gasteiger partial charge on any atom is 0.373 e. The molecule has 0 fully saturated rings. The van der Waals surface area contributed by atoms with Crippen LogP contribution in [0.3, 0.4) is 0 Å². The highest BCUT2D eigenvalue weighted by atomic mass is 32.2. The predicted octanol–water partition coefficient (Wildman–Crippen LogP) is 5.64. The van der Waals surface area contributed by atoms with E-state index >= 15 is 0 Å². The van der Waals surface area contributed by atoms with Gasteiger partial charge in [0.1, 0.15) is 17.6 Å². The summed E-state index contributed by atoms with van der Waals surface area (Å²) in [4.78, 5) is 25.2. The number of rotatable bonds is 11. The second kappa shape index (κ2) is 13.3. The molecule has 1 atom stereocenters. The van der Waals surface area contributed by atoms with Gasteiger partial charge in [0.25, 0.3) is 0 Å². The van der Waals surface area contributed by atoms with Crippen LogP contribution in [0.4, 0.5) is 0 Å². The average Bonchev–Trinajstić information content (AvgIpc) is 3.51. The van der Waals surface area contributed by atoms with E-state index in [0.29, 0.717) is 39.3 Å². The summed E-state index contributed by atoms with van der Waals surface area (Å²) in [6.07, 6.45) is 0.112. The van der Waals surface area contributed by atoms with Crippen molar-refractivity contribution in [1.29, 1.82) is 0 Å². The highest BCUT2D eigenvalue weighted by Gasteiger charge is 2.39. The van der Waals surface area contributed by atoms with Crippen LogP contribution in [0.25, 0.3) is 11.3 Å². The number of nitrogens with zero attached hydrogens (tertiary/aromatic N) is 1. The number of hydrogen-bond donors (Lipinski definition) is 0. The highest BCUT2D eigenvalue weighted by Crippen LogP contribution is 2.34. The molecule has 226 valence electrons. The Morgan fingerprint density at radius 2 is 1.51 bits per heavy atom. The molecule has 1 heterocycles. The van der Waals surface area contributed by atoms with E-state index in [4.69, 9.17) is 18.6 Å². The minimum atomic E-state index is -4.25. The number of benzene rings is 3. The van der Waals surface area contributed by atoms with Crippen LogP contribution in [0.5, 0.6) is 5.75 Å². The molecule has 0 amide bonds. The zero-order valence-electron chi connectivity index (χ0n) is 25.0. The molecule has 1 unspecified atom stereocenters. The topological polar surface area (TPSA) is 112 Å². The SMILES string of the molecule is COC(=O)c1ccc(-c2ccc(CN(C(Cc3ccccc3)C(=O)OC)S(=O)(=O)c3c(C)cc(OC)c(C)c3C)cc2)o1. The minimum absolute atomic E-state index is 0.0706. The van der Waals surface area contributed by atoms with Gasteiger partial charge >= 0.3 is 11.9 Å². The third-order valence-corrected chi connectivity index (χ3v) is 9.57. The summed E-state index contributed by atoms with van der Waals surface area (Å²) >= 11 is 0. The maximum absolute atomic E-state index is 14.6. The van der Waals surface area contributed by atoms with Crippen molar-refractivity contribution >= 4 is 22.0 Å². The lowest BCUT2D eigenvalue weighted by Crippen LogP contribution is -2.46. The Labute approximate surface area is 252 Å². The van der Waals surface area contributed by atoms with Crippen LogP contribution >= 0.6 is 0 Å². The number of hydrogen-bond acceptors (Lipinski definition) is 8. The standard InChI is InChI=1S/C33H35NO8S/c1-21-18-30(39-4)22(2)23(3)31(21)43(37,38)34(27(32(35)40-5)19-24-10-8-7-9-11-24)20-25-12-14-26(15-13-25)28-16-17-29(42-28)33(36)41-6/h7-18,27H,19-20H2,1-6H3. The number of furan rings is 1. The fourth-order valence-electron chi connectivity index (χ4n) is 5.04. The number of sulfonamides is 1. The van der Waals surface area contributed by atoms with E-state index in [1.165, 1.54) is 31.7 Å². The van der Waals surface area contributed by atoms with Gasteiger partial charge < -0.3 is 18.6 Å². The van der Waals surface area contributed by atoms with Gasteiger partial charge in [0.05, 0.1) is 26.2 Å². The van der Waals surface area contributed by atoms with E-state index in [2.05, 4.69) is 0 Å². The first-order valence-corrected chi connectivity index (χ1v) is 15.0. The Bertz CT molecular complexity index is 1710. The summed E-state index contributed by atoms with van der Waals surface area (Å²) in [6.45, 7) is 5.15. The molecule has 1 aromatic heterocycles. The summed E-state index contributed by atoms with van der Waals surface area (Å²) in [7, 11) is -0.185. The average molecular weight is 606 g/mol. The number of carbonyl (C=O) groups excluding carboxylic acids is 2. The summed E-state index contributed by atoms with van der Waals surface area (Å²) in [5, 5.41) is 0. The van der Waals surface area contributed by atoms with Crippen LogP contribution in [0.1, 0.15) is 38.4 Å². The molecule has 0 aliphatic rings. The monoisotopic (exact) mass is 605 g/mol. The normalized spacial score (nSPS) is 12.2. The predicted molar refractivity (Wildman–Crippen MR) is 161 cm³/mol. The summed E-state index contributed by atoms with van der Waals surface area (Å²) in [6, 6.07) is 20.0. The highest BCUT2D eigenvalue weighted by molar-refractivity contribution is 7.89. The summed E-state index contributed by atoms with van der Waals surface area (Å²) in [5.41, 5.74) is 3.84. The van der Waals surface area contributed by atoms with Crippen molar-refractivity contribution in [3.05, 3.63) is 106 Å². The molecule has 0 radical (unpaired) electrons. The van der Waals surface area contributed by atoms with Crippen LogP contribution in [0.15, 0.2) is 82.1 Å². The Morgan fingerprint density at radius 1 is 0.837 bits per heavy atom. The van der Waals surface area contributed by atoms with Crippen LogP contribution in [0.2, 0.25) is 0 Å². The summed E-state index contributed by atoms with van der Waals surface area (Å²) in [5.74, 6) is -0.155. The lowest BCUT2D eigenvalue weighted by molar-refractivity contribution is -0.145. The molecule has 9 nitrogen and oxygen atoms in total. The number of ether oxygens (including phenoxy) is 3. The van der Waals surface area contributed by atoms with E-state index < -0.39 is 28.0 Å². The molecular weight excluding hydrogens is 570 g/mol. The number of aryl methyl sites for hydroxylation is 1. The molecule has 4 rings (SSSR count). The molecule has 0 aliphatic heterocycles. The van der Waals surface area contributed by atoms with Crippen molar-refractivity contribution in [1.82, 2.24) is 4.31 Å². The molecule has 0 N–H and O–H groups in total. The Balaban J connectivity index is 1.80. The molecule has 0 spiro atoms. The van der Waals surface area contributed by atoms with Gasteiger partial charge in [0.2, 0.25) is 15.8 Å². The zero-order valence-corrected chi connectivity index (χ0v) is 25.9. The van der Waals surface area contributed by atoms with Gasteiger partial charge in [0.15, 0.2) is 0 Å². The number of methoxy groups -OCH3 is 3. The molecule has 0 saturated carbocycles. The van der Waals surface area contributed by atoms with Crippen LogP contribution in [0, 0.1) is 20.8 Å². The Hall–Kier alpha value is -4.41. The first-order valence-electron chi connectivity index (χ1n) is 13.6. The van der Waals surface area contributed by atoms with Crippen LogP contribution in [-0.2, 0) is 37.3 Å². The molecule has 0 saturated heterocycles. The van der Waals surface area contributed by atoms with E-state index in [1.807, 2.05) is 30.3 Å². The van der Waals surface area contributed by atoms with Gasteiger partial charge in [-0.3, -0.25) is 4.79 Å². The van der Waals surface area contributed by atoms with Gasteiger partial charge in [0, 0.05) is 12.1 Å². The second-order valence-electron chi connectivity index (χ2n) is 10.1. The van der Waals surface area contributed by atoms with E-state index in [1.54, 1.807) is 57.2 Å². The van der Waals surface area contributed by atoms with Crippen molar-refractivity contribution in [3.8, 4) is 17.1 Å². The second-order valence-corrected chi connectivity index (χ2v) is 11.9. The van der Waals surface area contributed by atoms with Gasteiger partial charge in [-0.15, -0.1) is 0 Å². The number of carbonyl (C=O) groups is 2.